The quantitative estimate of drug-likeness (QED) is 0.772. The van der Waals surface area contributed by atoms with Gasteiger partial charge in [-0.3, -0.25) is 0 Å². The zero-order valence-electron chi connectivity index (χ0n) is 12.7. The molecule has 0 radical (unpaired) electrons. The number of nitrogens with one attached hydrogen (secondary N) is 1. The average molecular weight is 353 g/mol. The molecule has 114 valence electrons. The zero-order valence-corrected chi connectivity index (χ0v) is 14.3. The number of carbonyl (C=O) groups excluding carboxylic acids is 1. The first-order valence-corrected chi connectivity index (χ1v) is 8.10. The normalized spacial score (nSPS) is 24.1. The summed E-state index contributed by atoms with van der Waals surface area (Å²) in [4.78, 5) is 14.1. The number of ether oxygens (including phenoxy) is 1. The van der Waals surface area contributed by atoms with E-state index in [1.165, 1.54) is 11.3 Å². The second-order valence-corrected chi connectivity index (χ2v) is 7.89. The van der Waals surface area contributed by atoms with E-state index in [0.717, 1.165) is 30.5 Å². The van der Waals surface area contributed by atoms with Crippen LogP contribution in [0.3, 0.4) is 0 Å². The van der Waals surface area contributed by atoms with E-state index in [2.05, 4.69) is 33.4 Å². The Morgan fingerprint density at radius 3 is 2.90 bits per heavy atom. The number of benzene rings is 1. The second-order valence-electron chi connectivity index (χ2n) is 6.98. The minimum atomic E-state index is -0.443. The van der Waals surface area contributed by atoms with E-state index in [1.807, 2.05) is 31.7 Å². The van der Waals surface area contributed by atoms with Crippen molar-refractivity contribution in [2.45, 2.75) is 38.2 Å². The molecule has 1 fully saturated rings. The molecule has 1 saturated heterocycles. The van der Waals surface area contributed by atoms with Crippen LogP contribution in [0, 0.1) is 0 Å². The summed E-state index contributed by atoms with van der Waals surface area (Å²) in [5, 5.41) is 3.47. The van der Waals surface area contributed by atoms with Gasteiger partial charge in [-0.2, -0.15) is 0 Å². The molecule has 0 bridgehead atoms. The Bertz CT molecular complexity index is 582. The number of fused-ring (bicyclic) bond motifs is 2. The van der Waals surface area contributed by atoms with Crippen LogP contribution in [0.25, 0.3) is 0 Å². The maximum absolute atomic E-state index is 12.3. The highest BCUT2D eigenvalue weighted by Crippen LogP contribution is 2.44. The molecule has 1 aromatic rings. The van der Waals surface area contributed by atoms with Crippen LogP contribution >= 0.6 is 15.9 Å². The first-order valence-electron chi connectivity index (χ1n) is 7.31. The van der Waals surface area contributed by atoms with Gasteiger partial charge in [-0.1, -0.05) is 15.9 Å². The van der Waals surface area contributed by atoms with Crippen molar-refractivity contribution in [3.05, 3.63) is 28.2 Å². The minimum absolute atomic E-state index is 0.0238. The number of halogens is 1. The van der Waals surface area contributed by atoms with Crippen molar-refractivity contribution in [1.29, 1.82) is 0 Å². The lowest BCUT2D eigenvalue weighted by Gasteiger charge is -2.27. The van der Waals surface area contributed by atoms with Gasteiger partial charge in [-0.15, -0.1) is 0 Å². The van der Waals surface area contributed by atoms with E-state index in [-0.39, 0.29) is 11.5 Å². The van der Waals surface area contributed by atoms with Gasteiger partial charge >= 0.3 is 6.09 Å². The Morgan fingerprint density at radius 2 is 2.19 bits per heavy atom. The van der Waals surface area contributed by atoms with Gasteiger partial charge in [-0.25, -0.2) is 4.79 Å². The Morgan fingerprint density at radius 1 is 1.43 bits per heavy atom. The van der Waals surface area contributed by atoms with Crippen LogP contribution in [0.1, 0.15) is 32.8 Å². The van der Waals surface area contributed by atoms with Crippen molar-refractivity contribution in [3.63, 3.8) is 0 Å². The average Bonchev–Trinajstić information content (AvgIpc) is 2.95. The maximum Gasteiger partial charge on any atom is 0.410 e. The summed E-state index contributed by atoms with van der Waals surface area (Å²) < 4.78 is 6.58. The third kappa shape index (κ3) is 2.76. The molecule has 5 heteroatoms. The minimum Gasteiger partial charge on any atom is -0.444 e. The number of hydrogen-bond donors (Lipinski definition) is 1. The van der Waals surface area contributed by atoms with Gasteiger partial charge in [0.25, 0.3) is 0 Å². The van der Waals surface area contributed by atoms with Crippen molar-refractivity contribution in [1.82, 2.24) is 4.90 Å². The molecule has 4 nitrogen and oxygen atoms in total. The molecule has 0 unspecified atom stereocenters. The third-order valence-corrected chi connectivity index (χ3v) is 4.67. The summed E-state index contributed by atoms with van der Waals surface area (Å²) in [6.45, 7) is 8.07. The standard InChI is InChI=1S/C16H21BrN2O2/c1-15(2,3)21-14(20)19-7-6-16(10-19)9-18-13-5-4-11(17)8-12(13)16/h4-5,8,18H,6-7,9-10H2,1-3H3/t16-/m0/s1. The molecule has 1 amide bonds. The molecule has 21 heavy (non-hydrogen) atoms. The number of amides is 1. The predicted octanol–water partition coefficient (Wildman–Crippen LogP) is 3.75. The molecular weight excluding hydrogens is 332 g/mol. The highest BCUT2D eigenvalue weighted by molar-refractivity contribution is 9.10. The van der Waals surface area contributed by atoms with Crippen LogP contribution in [-0.4, -0.2) is 36.2 Å². The summed E-state index contributed by atoms with van der Waals surface area (Å²) >= 11 is 3.55. The Kier molecular flexibility index (Phi) is 3.43. The molecule has 0 saturated carbocycles. The first kappa shape index (κ1) is 14.7. The lowest BCUT2D eigenvalue weighted by molar-refractivity contribution is 0.0285. The number of anilines is 1. The molecule has 2 aliphatic heterocycles. The highest BCUT2D eigenvalue weighted by atomic mass is 79.9. The van der Waals surface area contributed by atoms with Gasteiger partial charge < -0.3 is 15.0 Å². The molecule has 2 heterocycles. The van der Waals surface area contributed by atoms with Crippen molar-refractivity contribution in [2.24, 2.45) is 0 Å². The third-order valence-electron chi connectivity index (χ3n) is 4.18. The lowest BCUT2D eigenvalue weighted by Crippen LogP contribution is -2.38. The number of carbonyl (C=O) groups is 1. The summed E-state index contributed by atoms with van der Waals surface area (Å²) in [5.74, 6) is 0. The van der Waals surface area contributed by atoms with Crippen LogP contribution in [0.4, 0.5) is 10.5 Å². The summed E-state index contributed by atoms with van der Waals surface area (Å²) in [6, 6.07) is 6.32. The Hall–Kier alpha value is -1.23. The maximum atomic E-state index is 12.3. The van der Waals surface area contributed by atoms with E-state index in [1.54, 1.807) is 0 Å². The molecule has 3 rings (SSSR count). The van der Waals surface area contributed by atoms with E-state index in [4.69, 9.17) is 4.74 Å². The van der Waals surface area contributed by atoms with E-state index >= 15 is 0 Å². The van der Waals surface area contributed by atoms with Crippen molar-refractivity contribution in [3.8, 4) is 0 Å². The van der Waals surface area contributed by atoms with Gasteiger partial charge in [0.1, 0.15) is 5.60 Å². The number of likely N-dealkylation sites (tertiary alicyclic amines) is 1. The van der Waals surface area contributed by atoms with Gasteiger partial charge in [0.05, 0.1) is 0 Å². The first-order chi connectivity index (χ1) is 9.79. The van der Waals surface area contributed by atoms with Crippen LogP contribution < -0.4 is 5.32 Å². The van der Waals surface area contributed by atoms with Gasteiger partial charge in [0.15, 0.2) is 0 Å². The fourth-order valence-electron chi connectivity index (χ4n) is 3.19. The van der Waals surface area contributed by atoms with Gasteiger partial charge in [0, 0.05) is 35.2 Å². The number of nitrogens with zero attached hydrogens (tertiary/aromatic N) is 1. The van der Waals surface area contributed by atoms with Crippen LogP contribution in [-0.2, 0) is 10.2 Å². The van der Waals surface area contributed by atoms with E-state index in [9.17, 15) is 4.79 Å². The SMILES string of the molecule is CC(C)(C)OC(=O)N1CC[C@]2(CNc3ccc(Br)cc32)C1. The van der Waals surface area contributed by atoms with Crippen molar-refractivity contribution in [2.75, 3.05) is 25.0 Å². The van der Waals surface area contributed by atoms with Gasteiger partial charge in [-0.05, 0) is 51.0 Å². The summed E-state index contributed by atoms with van der Waals surface area (Å²) in [7, 11) is 0. The summed E-state index contributed by atoms with van der Waals surface area (Å²) in [6.07, 6.45) is 0.769. The largest absolute Gasteiger partial charge is 0.444 e. The fraction of sp³-hybridized carbons (Fsp3) is 0.562. The predicted molar refractivity (Wildman–Crippen MR) is 86.7 cm³/mol. The highest BCUT2D eigenvalue weighted by Gasteiger charge is 2.46. The Balaban J connectivity index is 1.79. The van der Waals surface area contributed by atoms with E-state index in [0.29, 0.717) is 0 Å². The summed E-state index contributed by atoms with van der Waals surface area (Å²) in [5.41, 5.74) is 2.07. The van der Waals surface area contributed by atoms with Crippen molar-refractivity contribution >= 4 is 27.7 Å². The molecule has 1 aromatic carbocycles. The van der Waals surface area contributed by atoms with Crippen LogP contribution in [0.2, 0.25) is 0 Å². The molecular formula is C16H21BrN2O2. The molecule has 2 aliphatic rings. The van der Waals surface area contributed by atoms with Crippen LogP contribution in [0.5, 0.6) is 0 Å². The van der Waals surface area contributed by atoms with Crippen molar-refractivity contribution < 1.29 is 9.53 Å². The molecule has 1 N–H and O–H groups in total. The molecule has 1 atom stereocenters. The lowest BCUT2D eigenvalue weighted by atomic mass is 9.82. The smallest absolute Gasteiger partial charge is 0.410 e. The molecule has 0 aromatic heterocycles. The van der Waals surface area contributed by atoms with Crippen LogP contribution in [0.15, 0.2) is 22.7 Å². The van der Waals surface area contributed by atoms with Gasteiger partial charge in [0.2, 0.25) is 0 Å². The number of hydrogen-bond acceptors (Lipinski definition) is 3. The number of rotatable bonds is 0. The zero-order chi connectivity index (χ0) is 15.3. The molecule has 1 spiro atoms. The molecule has 0 aliphatic carbocycles. The topological polar surface area (TPSA) is 41.6 Å². The van der Waals surface area contributed by atoms with E-state index < -0.39 is 5.60 Å². The second kappa shape index (κ2) is 4.90. The fourth-order valence-corrected chi connectivity index (χ4v) is 3.55. The monoisotopic (exact) mass is 352 g/mol. The Labute approximate surface area is 134 Å².